The summed E-state index contributed by atoms with van der Waals surface area (Å²) in [5.41, 5.74) is 1.60. The molecule has 0 aromatic carbocycles. The normalized spacial score (nSPS) is 11.3. The van der Waals surface area contributed by atoms with E-state index in [1.165, 1.54) is 11.3 Å². The van der Waals surface area contributed by atoms with Crippen LogP contribution in [-0.2, 0) is 18.9 Å². The van der Waals surface area contributed by atoms with Crippen LogP contribution in [0, 0.1) is 6.92 Å². The summed E-state index contributed by atoms with van der Waals surface area (Å²) in [6.07, 6.45) is 0. The zero-order valence-corrected chi connectivity index (χ0v) is 16.4. The number of hydrogen-bond acceptors (Lipinski definition) is 8. The average Bonchev–Trinajstić information content (AvgIpc) is 3.01. The average molecular weight is 385 g/mol. The SMILES string of the molecule is COCCOCCN(CCOCCOC)c1cc(=O)c2scc(C)c2o1. The van der Waals surface area contributed by atoms with Gasteiger partial charge < -0.3 is 28.3 Å². The molecule has 0 aliphatic heterocycles. The van der Waals surface area contributed by atoms with Gasteiger partial charge in [-0.25, -0.2) is 0 Å². The lowest BCUT2D eigenvalue weighted by molar-refractivity contribution is 0.0672. The second-order valence-corrected chi connectivity index (χ2v) is 6.60. The molecule has 0 radical (unpaired) electrons. The molecule has 0 amide bonds. The first kappa shape index (κ1) is 20.9. The third-order valence-corrected chi connectivity index (χ3v) is 4.88. The largest absolute Gasteiger partial charge is 0.439 e. The first-order valence-corrected chi connectivity index (χ1v) is 9.45. The zero-order chi connectivity index (χ0) is 18.8. The van der Waals surface area contributed by atoms with Gasteiger partial charge in [-0.2, -0.15) is 0 Å². The predicted octanol–water partition coefficient (Wildman–Crippen LogP) is 2.30. The van der Waals surface area contributed by atoms with Crippen molar-refractivity contribution in [2.75, 3.05) is 71.9 Å². The summed E-state index contributed by atoms with van der Waals surface area (Å²) in [6, 6.07) is 1.54. The lowest BCUT2D eigenvalue weighted by Gasteiger charge is -2.23. The summed E-state index contributed by atoms with van der Waals surface area (Å²) in [7, 11) is 3.28. The highest BCUT2D eigenvalue weighted by molar-refractivity contribution is 7.17. The van der Waals surface area contributed by atoms with Gasteiger partial charge in [-0.1, -0.05) is 0 Å². The molecule has 146 valence electrons. The Morgan fingerprint density at radius 3 is 2.19 bits per heavy atom. The van der Waals surface area contributed by atoms with Gasteiger partial charge in [-0.3, -0.25) is 4.79 Å². The van der Waals surface area contributed by atoms with E-state index in [0.717, 1.165) is 5.56 Å². The maximum atomic E-state index is 12.4. The fourth-order valence-electron chi connectivity index (χ4n) is 2.37. The molecule has 0 unspecified atom stereocenters. The van der Waals surface area contributed by atoms with E-state index >= 15 is 0 Å². The number of nitrogens with zero attached hydrogens (tertiary/aromatic N) is 1. The van der Waals surface area contributed by atoms with Gasteiger partial charge in [-0.05, 0) is 12.3 Å². The lowest BCUT2D eigenvalue weighted by Crippen LogP contribution is -2.32. The molecular weight excluding hydrogens is 358 g/mol. The van der Waals surface area contributed by atoms with Crippen LogP contribution in [0.5, 0.6) is 0 Å². The van der Waals surface area contributed by atoms with Crippen molar-refractivity contribution >= 4 is 27.5 Å². The maximum Gasteiger partial charge on any atom is 0.204 e. The van der Waals surface area contributed by atoms with E-state index in [1.54, 1.807) is 20.3 Å². The Balaban J connectivity index is 2.05. The number of hydrogen-bond donors (Lipinski definition) is 0. The first-order chi connectivity index (χ1) is 12.7. The van der Waals surface area contributed by atoms with E-state index in [-0.39, 0.29) is 5.43 Å². The molecule has 0 atom stereocenters. The van der Waals surface area contributed by atoms with Crippen LogP contribution in [0.3, 0.4) is 0 Å². The zero-order valence-electron chi connectivity index (χ0n) is 15.6. The van der Waals surface area contributed by atoms with Crippen molar-refractivity contribution in [2.24, 2.45) is 0 Å². The Bertz CT molecular complexity index is 699. The number of rotatable bonds is 13. The Kier molecular flexibility index (Phi) is 9.07. The van der Waals surface area contributed by atoms with Crippen molar-refractivity contribution in [1.29, 1.82) is 0 Å². The van der Waals surface area contributed by atoms with Crippen molar-refractivity contribution in [3.8, 4) is 0 Å². The molecule has 2 heterocycles. The minimum absolute atomic E-state index is 0.0232. The molecule has 0 saturated heterocycles. The van der Waals surface area contributed by atoms with Gasteiger partial charge in [0, 0.05) is 38.9 Å². The van der Waals surface area contributed by atoms with Crippen LogP contribution in [0.1, 0.15) is 5.56 Å². The minimum atomic E-state index is -0.0232. The van der Waals surface area contributed by atoms with E-state index < -0.39 is 0 Å². The van der Waals surface area contributed by atoms with Gasteiger partial charge in [0.05, 0.1) is 39.6 Å². The fourth-order valence-corrected chi connectivity index (χ4v) is 3.25. The number of thiophene rings is 1. The van der Waals surface area contributed by atoms with Crippen LogP contribution in [0.2, 0.25) is 0 Å². The van der Waals surface area contributed by atoms with Crippen LogP contribution in [-0.4, -0.2) is 67.0 Å². The lowest BCUT2D eigenvalue weighted by atomic mass is 10.3. The molecule has 8 heteroatoms. The Labute approximate surface area is 157 Å². The number of anilines is 1. The monoisotopic (exact) mass is 385 g/mol. The Hall–Kier alpha value is -1.45. The van der Waals surface area contributed by atoms with Gasteiger partial charge in [0.15, 0.2) is 11.5 Å². The van der Waals surface area contributed by atoms with Crippen molar-refractivity contribution in [3.63, 3.8) is 0 Å². The summed E-state index contributed by atoms with van der Waals surface area (Å²) in [5.74, 6) is 0.537. The van der Waals surface area contributed by atoms with Crippen LogP contribution in [0.15, 0.2) is 20.7 Å². The summed E-state index contributed by atoms with van der Waals surface area (Å²) >= 11 is 1.41. The highest BCUT2D eigenvalue weighted by atomic mass is 32.1. The van der Waals surface area contributed by atoms with Crippen LogP contribution >= 0.6 is 11.3 Å². The Morgan fingerprint density at radius 2 is 1.62 bits per heavy atom. The topological polar surface area (TPSA) is 70.4 Å². The molecule has 0 saturated carbocycles. The van der Waals surface area contributed by atoms with Crippen molar-refractivity contribution in [1.82, 2.24) is 0 Å². The molecule has 0 aliphatic rings. The molecule has 0 N–H and O–H groups in total. The molecule has 26 heavy (non-hydrogen) atoms. The maximum absolute atomic E-state index is 12.4. The van der Waals surface area contributed by atoms with E-state index in [0.29, 0.717) is 68.9 Å². The minimum Gasteiger partial charge on any atom is -0.439 e. The van der Waals surface area contributed by atoms with Crippen LogP contribution in [0.4, 0.5) is 5.88 Å². The van der Waals surface area contributed by atoms with Crippen molar-refractivity contribution in [2.45, 2.75) is 6.92 Å². The van der Waals surface area contributed by atoms with Gasteiger partial charge in [0.2, 0.25) is 5.43 Å². The number of methoxy groups -OCH3 is 2. The molecule has 0 bridgehead atoms. The highest BCUT2D eigenvalue weighted by Crippen LogP contribution is 2.26. The second kappa shape index (κ2) is 11.3. The first-order valence-electron chi connectivity index (χ1n) is 8.57. The highest BCUT2D eigenvalue weighted by Gasteiger charge is 2.14. The van der Waals surface area contributed by atoms with E-state index in [2.05, 4.69) is 0 Å². The van der Waals surface area contributed by atoms with Gasteiger partial charge in [0.1, 0.15) is 4.70 Å². The van der Waals surface area contributed by atoms with Crippen LogP contribution < -0.4 is 10.3 Å². The molecule has 2 rings (SSSR count). The van der Waals surface area contributed by atoms with Gasteiger partial charge in [0.25, 0.3) is 0 Å². The van der Waals surface area contributed by atoms with E-state index in [9.17, 15) is 4.79 Å². The third-order valence-electron chi connectivity index (χ3n) is 3.79. The summed E-state index contributed by atoms with van der Waals surface area (Å²) < 4.78 is 27.7. The van der Waals surface area contributed by atoms with Crippen molar-refractivity contribution in [3.05, 3.63) is 27.2 Å². The number of ether oxygens (including phenoxy) is 4. The molecule has 2 aromatic rings. The summed E-state index contributed by atoms with van der Waals surface area (Å²) in [4.78, 5) is 14.3. The smallest absolute Gasteiger partial charge is 0.204 e. The molecule has 2 aromatic heterocycles. The number of fused-ring (bicyclic) bond motifs is 1. The molecule has 0 fully saturated rings. The molecule has 7 nitrogen and oxygen atoms in total. The molecule has 0 spiro atoms. The predicted molar refractivity (Wildman–Crippen MR) is 103 cm³/mol. The van der Waals surface area contributed by atoms with E-state index in [4.69, 9.17) is 23.4 Å². The fraction of sp³-hybridized carbons (Fsp3) is 0.611. The summed E-state index contributed by atoms with van der Waals surface area (Å²) in [6.45, 7) is 6.30. The number of aryl methyl sites for hydroxylation is 1. The van der Waals surface area contributed by atoms with Gasteiger partial charge >= 0.3 is 0 Å². The quantitative estimate of drug-likeness (QED) is 0.490. The molecular formula is C18H27NO6S. The third kappa shape index (κ3) is 6.07. The molecule has 0 aliphatic carbocycles. The van der Waals surface area contributed by atoms with E-state index in [1.807, 2.05) is 17.2 Å². The standard InChI is InChI=1S/C18H27NO6S/c1-14-13-26-18-15(20)12-16(25-17(14)18)19(4-6-23-10-8-21-2)5-7-24-11-9-22-3/h12-13H,4-11H2,1-3H3. The van der Waals surface area contributed by atoms with Crippen LogP contribution in [0.25, 0.3) is 10.3 Å². The van der Waals surface area contributed by atoms with Crippen molar-refractivity contribution < 1.29 is 23.4 Å². The second-order valence-electron chi connectivity index (χ2n) is 5.72. The summed E-state index contributed by atoms with van der Waals surface area (Å²) in [5, 5.41) is 1.94. The Morgan fingerprint density at radius 1 is 1.00 bits per heavy atom. The van der Waals surface area contributed by atoms with Gasteiger partial charge in [-0.15, -0.1) is 11.3 Å².